The fourth-order valence-corrected chi connectivity index (χ4v) is 1.68. The van der Waals surface area contributed by atoms with Crippen LogP contribution in [0.5, 0.6) is 5.75 Å². The summed E-state index contributed by atoms with van der Waals surface area (Å²) in [5.41, 5.74) is 0.461. The Bertz CT molecular complexity index is 578. The first-order valence-corrected chi connectivity index (χ1v) is 6.47. The second-order valence-corrected chi connectivity index (χ2v) is 4.48. The van der Waals surface area contributed by atoms with Gasteiger partial charge in [0, 0.05) is 12.1 Å². The monoisotopic (exact) mass is 290 g/mol. The largest absolute Gasteiger partial charge is 0.507 e. The zero-order valence-electron chi connectivity index (χ0n) is 11.9. The van der Waals surface area contributed by atoms with Gasteiger partial charge in [-0.15, -0.1) is 6.42 Å². The van der Waals surface area contributed by atoms with Gasteiger partial charge in [-0.3, -0.25) is 9.59 Å². The normalized spacial score (nSPS) is 12.9. The second kappa shape index (κ2) is 7.31. The lowest BCUT2D eigenvalue weighted by Crippen LogP contribution is -2.49. The number of aliphatic hydroxyl groups excluding tert-OH is 1. The molecular weight excluding hydrogens is 272 g/mol. The summed E-state index contributed by atoms with van der Waals surface area (Å²) >= 11 is 0. The number of amides is 2. The number of carbonyl (C=O) groups is 2. The van der Waals surface area contributed by atoms with Gasteiger partial charge >= 0.3 is 0 Å². The van der Waals surface area contributed by atoms with Crippen LogP contribution in [0.25, 0.3) is 0 Å². The fraction of sp³-hybridized carbons (Fsp3) is 0.333. The molecule has 0 aliphatic rings. The maximum Gasteiger partial charge on any atom is 0.255 e. The van der Waals surface area contributed by atoms with Crippen molar-refractivity contribution in [3.63, 3.8) is 0 Å². The van der Waals surface area contributed by atoms with Crippen molar-refractivity contribution in [3.8, 4) is 18.1 Å². The van der Waals surface area contributed by atoms with E-state index in [2.05, 4.69) is 16.6 Å². The van der Waals surface area contributed by atoms with Crippen LogP contribution in [0.1, 0.15) is 29.8 Å². The molecule has 21 heavy (non-hydrogen) atoms. The number of aliphatic hydroxyl groups is 1. The Balaban J connectivity index is 2.77. The van der Waals surface area contributed by atoms with E-state index in [-0.39, 0.29) is 11.3 Å². The molecule has 1 aromatic rings. The molecule has 6 nitrogen and oxygen atoms in total. The van der Waals surface area contributed by atoms with Crippen molar-refractivity contribution in [2.75, 3.05) is 6.54 Å². The third-order valence-corrected chi connectivity index (χ3v) is 2.86. The Hall–Kier alpha value is -2.52. The van der Waals surface area contributed by atoms with Gasteiger partial charge in [0.25, 0.3) is 11.8 Å². The Labute approximate surface area is 123 Å². The zero-order valence-corrected chi connectivity index (χ0v) is 11.9. The highest BCUT2D eigenvalue weighted by molar-refractivity contribution is 5.97. The van der Waals surface area contributed by atoms with Crippen LogP contribution in [0.3, 0.4) is 0 Å². The molecule has 0 heterocycles. The number of benzene rings is 1. The van der Waals surface area contributed by atoms with Gasteiger partial charge in [0.15, 0.2) is 6.10 Å². The van der Waals surface area contributed by atoms with E-state index < -0.39 is 24.0 Å². The molecule has 0 spiro atoms. The molecule has 0 aliphatic carbocycles. The number of nitrogens with one attached hydrogen (secondary N) is 2. The molecule has 0 saturated heterocycles. The predicted molar refractivity (Wildman–Crippen MR) is 77.7 cm³/mol. The Morgan fingerprint density at radius 1 is 1.43 bits per heavy atom. The predicted octanol–water partition coefficient (Wildman–Crippen LogP) is -0.0112. The summed E-state index contributed by atoms with van der Waals surface area (Å²) in [6.45, 7) is 3.59. The summed E-state index contributed by atoms with van der Waals surface area (Å²) < 4.78 is 0. The maximum atomic E-state index is 12.0. The van der Waals surface area contributed by atoms with Gasteiger partial charge in [0.2, 0.25) is 0 Å². The van der Waals surface area contributed by atoms with Crippen LogP contribution >= 0.6 is 0 Å². The van der Waals surface area contributed by atoms with E-state index in [0.717, 1.165) is 0 Å². The molecule has 6 heteroatoms. The molecule has 0 bridgehead atoms. The minimum absolute atomic E-state index is 0.0175. The number of hydrogen-bond acceptors (Lipinski definition) is 4. The number of hydrogen-bond donors (Lipinski definition) is 4. The molecule has 112 valence electrons. The third-order valence-electron chi connectivity index (χ3n) is 2.86. The topological polar surface area (TPSA) is 98.7 Å². The van der Waals surface area contributed by atoms with Crippen LogP contribution in [-0.2, 0) is 4.79 Å². The summed E-state index contributed by atoms with van der Waals surface area (Å²) in [6, 6.07) is 3.38. The van der Waals surface area contributed by atoms with E-state index in [1.807, 2.05) is 0 Å². The van der Waals surface area contributed by atoms with Gasteiger partial charge < -0.3 is 20.8 Å². The third kappa shape index (κ3) is 4.23. The molecular formula is C15H18N2O4. The van der Waals surface area contributed by atoms with E-state index in [1.165, 1.54) is 25.1 Å². The first kappa shape index (κ1) is 16.5. The molecule has 0 saturated carbocycles. The SMILES string of the molecule is C#Cc1ccc(C(=O)N[C@H](C)[C@H](O)C(=O)NCC)c(O)c1. The van der Waals surface area contributed by atoms with Crippen molar-refractivity contribution in [2.45, 2.75) is 26.0 Å². The highest BCUT2D eigenvalue weighted by Crippen LogP contribution is 2.18. The number of likely N-dealkylation sites (N-methyl/N-ethyl adjacent to an activating group) is 1. The van der Waals surface area contributed by atoms with Crippen molar-refractivity contribution >= 4 is 11.8 Å². The molecule has 0 radical (unpaired) electrons. The maximum absolute atomic E-state index is 12.0. The van der Waals surface area contributed by atoms with Crippen molar-refractivity contribution in [1.29, 1.82) is 0 Å². The number of carbonyl (C=O) groups excluding carboxylic acids is 2. The Morgan fingerprint density at radius 3 is 2.62 bits per heavy atom. The molecule has 1 rings (SSSR count). The highest BCUT2D eigenvalue weighted by Gasteiger charge is 2.24. The molecule has 0 unspecified atom stereocenters. The minimum Gasteiger partial charge on any atom is -0.507 e. The van der Waals surface area contributed by atoms with E-state index >= 15 is 0 Å². The lowest BCUT2D eigenvalue weighted by atomic mass is 10.1. The van der Waals surface area contributed by atoms with Gasteiger partial charge in [-0.25, -0.2) is 0 Å². The number of terminal acetylenes is 1. The summed E-state index contributed by atoms with van der Waals surface area (Å²) in [4.78, 5) is 23.5. The zero-order chi connectivity index (χ0) is 16.0. The van der Waals surface area contributed by atoms with Crippen LogP contribution in [0.2, 0.25) is 0 Å². The minimum atomic E-state index is -1.37. The number of rotatable bonds is 5. The van der Waals surface area contributed by atoms with Crippen molar-refractivity contribution in [3.05, 3.63) is 29.3 Å². The van der Waals surface area contributed by atoms with Crippen LogP contribution < -0.4 is 10.6 Å². The summed E-state index contributed by atoms with van der Waals surface area (Å²) in [6.07, 6.45) is 3.81. The number of aromatic hydroxyl groups is 1. The Morgan fingerprint density at radius 2 is 2.10 bits per heavy atom. The molecule has 0 fully saturated rings. The molecule has 1 aromatic carbocycles. The summed E-state index contributed by atoms with van der Waals surface area (Å²) in [7, 11) is 0. The quantitative estimate of drug-likeness (QED) is 0.573. The smallest absolute Gasteiger partial charge is 0.255 e. The lowest BCUT2D eigenvalue weighted by Gasteiger charge is -2.19. The van der Waals surface area contributed by atoms with Crippen molar-refractivity contribution in [2.24, 2.45) is 0 Å². The van der Waals surface area contributed by atoms with E-state index in [0.29, 0.717) is 12.1 Å². The van der Waals surface area contributed by atoms with Crippen LogP contribution in [-0.4, -0.2) is 40.7 Å². The standard InChI is InChI=1S/C15H18N2O4/c1-4-10-6-7-11(12(18)8-10)14(20)17-9(3)13(19)15(21)16-5-2/h1,6-9,13,18-19H,5H2,2-3H3,(H,16,21)(H,17,20)/t9-,13+/m1/s1. The van der Waals surface area contributed by atoms with Crippen LogP contribution in [0.4, 0.5) is 0 Å². The average Bonchev–Trinajstić information content (AvgIpc) is 2.46. The van der Waals surface area contributed by atoms with Crippen LogP contribution in [0.15, 0.2) is 18.2 Å². The molecule has 0 aromatic heterocycles. The molecule has 4 N–H and O–H groups in total. The summed E-state index contributed by atoms with van der Waals surface area (Å²) in [5.74, 6) is 0.899. The van der Waals surface area contributed by atoms with Crippen LogP contribution in [0, 0.1) is 12.3 Å². The van der Waals surface area contributed by atoms with Gasteiger partial charge in [0.05, 0.1) is 11.6 Å². The molecule has 0 aliphatic heterocycles. The first-order chi connectivity index (χ1) is 9.90. The molecule has 2 amide bonds. The first-order valence-electron chi connectivity index (χ1n) is 6.47. The van der Waals surface area contributed by atoms with Gasteiger partial charge in [-0.1, -0.05) is 5.92 Å². The van der Waals surface area contributed by atoms with Gasteiger partial charge in [-0.05, 0) is 32.0 Å². The van der Waals surface area contributed by atoms with Crippen molar-refractivity contribution < 1.29 is 19.8 Å². The Kier molecular flexibility index (Phi) is 5.76. The highest BCUT2D eigenvalue weighted by atomic mass is 16.3. The molecule has 2 atom stereocenters. The van der Waals surface area contributed by atoms with E-state index in [1.54, 1.807) is 6.92 Å². The summed E-state index contributed by atoms with van der Waals surface area (Å²) in [5, 5.41) is 24.4. The second-order valence-electron chi connectivity index (χ2n) is 4.48. The van der Waals surface area contributed by atoms with Crippen molar-refractivity contribution in [1.82, 2.24) is 10.6 Å². The number of phenols is 1. The van der Waals surface area contributed by atoms with Gasteiger partial charge in [0.1, 0.15) is 5.75 Å². The van der Waals surface area contributed by atoms with Gasteiger partial charge in [-0.2, -0.15) is 0 Å². The average molecular weight is 290 g/mol. The lowest BCUT2D eigenvalue weighted by molar-refractivity contribution is -0.130. The van der Waals surface area contributed by atoms with E-state index in [4.69, 9.17) is 6.42 Å². The number of phenolic OH excluding ortho intramolecular Hbond substituents is 1. The fourth-order valence-electron chi connectivity index (χ4n) is 1.68. The van der Waals surface area contributed by atoms with E-state index in [9.17, 15) is 19.8 Å².